The Morgan fingerprint density at radius 3 is 1.23 bits per heavy atom. The summed E-state index contributed by atoms with van der Waals surface area (Å²) in [6, 6.07) is -0.706. The molecule has 3 atom stereocenters. The molecular formula is C60H113NO5. The molecule has 388 valence electrons. The smallest absolute Gasteiger partial charge is 0.306 e. The lowest BCUT2D eigenvalue weighted by atomic mass is 10.0. The number of aliphatic hydroxyl groups excluding tert-OH is 2. The quantitative estimate of drug-likeness (QED) is 0.0321. The first-order valence-corrected chi connectivity index (χ1v) is 29.2. The van der Waals surface area contributed by atoms with Crippen LogP contribution in [0.2, 0.25) is 0 Å². The van der Waals surface area contributed by atoms with E-state index in [1.807, 2.05) is 0 Å². The van der Waals surface area contributed by atoms with Crippen molar-refractivity contribution in [3.8, 4) is 0 Å². The average Bonchev–Trinajstić information content (AvgIpc) is 3.31. The molecule has 3 unspecified atom stereocenters. The van der Waals surface area contributed by atoms with Crippen LogP contribution in [0.25, 0.3) is 0 Å². The number of hydrogen-bond donors (Lipinski definition) is 3. The number of nitrogens with one attached hydrogen (secondary N) is 1. The molecule has 0 fully saturated rings. The van der Waals surface area contributed by atoms with Crippen LogP contribution in [0.15, 0.2) is 36.5 Å². The highest BCUT2D eigenvalue weighted by molar-refractivity contribution is 5.77. The second kappa shape index (κ2) is 54.0. The van der Waals surface area contributed by atoms with E-state index < -0.39 is 18.2 Å². The molecule has 1 amide bonds. The van der Waals surface area contributed by atoms with Crippen molar-refractivity contribution in [3.05, 3.63) is 36.5 Å². The lowest BCUT2D eigenvalue weighted by molar-refractivity contribution is -0.151. The third-order valence-electron chi connectivity index (χ3n) is 13.5. The molecule has 0 radical (unpaired) electrons. The van der Waals surface area contributed by atoms with Gasteiger partial charge in [0.15, 0.2) is 0 Å². The second-order valence-corrected chi connectivity index (χ2v) is 20.1. The number of hydrogen-bond acceptors (Lipinski definition) is 5. The van der Waals surface area contributed by atoms with Crippen molar-refractivity contribution in [3.63, 3.8) is 0 Å². The SMILES string of the molecule is CC/C=C/C=C/C=C/CCCCCCCC(CC(=O)NC(CO)C(O)CCCCCCCCCCCCCCCCC)OC(=O)CCCCCCCCCCCCCCCCCCCCC. The zero-order chi connectivity index (χ0) is 48.1. The number of rotatable bonds is 53. The molecule has 66 heavy (non-hydrogen) atoms. The molecule has 0 saturated heterocycles. The largest absolute Gasteiger partial charge is 0.462 e. The van der Waals surface area contributed by atoms with Gasteiger partial charge in [-0.25, -0.2) is 0 Å². The fraction of sp³-hybridized carbons (Fsp3) is 0.867. The molecule has 0 aliphatic heterocycles. The average molecular weight is 929 g/mol. The molecule has 0 spiro atoms. The molecule has 0 aromatic rings. The second-order valence-electron chi connectivity index (χ2n) is 20.1. The minimum Gasteiger partial charge on any atom is -0.462 e. The van der Waals surface area contributed by atoms with Gasteiger partial charge in [-0.15, -0.1) is 0 Å². The maximum atomic E-state index is 13.3. The van der Waals surface area contributed by atoms with Gasteiger partial charge < -0.3 is 20.3 Å². The minimum absolute atomic E-state index is 0.0683. The summed E-state index contributed by atoms with van der Waals surface area (Å²) in [5, 5.41) is 23.9. The number of allylic oxidation sites excluding steroid dienone is 6. The van der Waals surface area contributed by atoms with Crippen molar-refractivity contribution < 1.29 is 24.5 Å². The number of esters is 1. The monoisotopic (exact) mass is 928 g/mol. The van der Waals surface area contributed by atoms with Gasteiger partial charge in [0.1, 0.15) is 6.10 Å². The van der Waals surface area contributed by atoms with E-state index in [2.05, 4.69) is 62.5 Å². The first-order valence-electron chi connectivity index (χ1n) is 29.2. The van der Waals surface area contributed by atoms with Crippen molar-refractivity contribution in [1.29, 1.82) is 0 Å². The van der Waals surface area contributed by atoms with Crippen molar-refractivity contribution in [2.75, 3.05) is 6.61 Å². The number of carbonyl (C=O) groups is 2. The molecule has 0 rings (SSSR count). The van der Waals surface area contributed by atoms with E-state index in [9.17, 15) is 19.8 Å². The van der Waals surface area contributed by atoms with Crippen LogP contribution in [0.3, 0.4) is 0 Å². The molecule has 0 aliphatic carbocycles. The summed E-state index contributed by atoms with van der Waals surface area (Å²) in [6.07, 6.45) is 65.0. The van der Waals surface area contributed by atoms with E-state index in [0.29, 0.717) is 19.3 Å². The van der Waals surface area contributed by atoms with Gasteiger partial charge in [0.2, 0.25) is 5.91 Å². The summed E-state index contributed by atoms with van der Waals surface area (Å²) in [4.78, 5) is 26.3. The van der Waals surface area contributed by atoms with Crippen LogP contribution in [-0.2, 0) is 14.3 Å². The normalized spacial score (nSPS) is 13.3. The van der Waals surface area contributed by atoms with Crippen molar-refractivity contribution in [1.82, 2.24) is 5.32 Å². The Hall–Kier alpha value is -1.92. The fourth-order valence-corrected chi connectivity index (χ4v) is 9.14. The first-order chi connectivity index (χ1) is 32.5. The zero-order valence-corrected chi connectivity index (χ0v) is 44.3. The number of ether oxygens (including phenoxy) is 1. The standard InChI is InChI=1S/C60H113NO5/c1-4-7-10-13-16-19-22-25-27-28-29-30-32-35-38-41-44-47-50-53-60(65)66-56(51-48-45-42-39-36-33-24-21-18-15-12-9-6-3)54-59(64)61-57(55-62)58(63)52-49-46-43-40-37-34-31-26-23-20-17-14-11-8-5-2/h9,12,15,18,21,24,56-58,62-63H,4-8,10-11,13-14,16-17,19-20,22-23,25-55H2,1-3H3,(H,61,64)/b12-9+,18-15+,24-21+. The molecule has 0 aromatic heterocycles. The molecule has 0 bridgehead atoms. The van der Waals surface area contributed by atoms with Crippen LogP contribution < -0.4 is 5.32 Å². The van der Waals surface area contributed by atoms with E-state index >= 15 is 0 Å². The summed E-state index contributed by atoms with van der Waals surface area (Å²) >= 11 is 0. The minimum atomic E-state index is -0.792. The maximum absolute atomic E-state index is 13.3. The van der Waals surface area contributed by atoms with Gasteiger partial charge in [-0.3, -0.25) is 9.59 Å². The lowest BCUT2D eigenvalue weighted by Crippen LogP contribution is -2.46. The summed E-state index contributed by atoms with van der Waals surface area (Å²) in [5.41, 5.74) is 0. The summed E-state index contributed by atoms with van der Waals surface area (Å²) in [7, 11) is 0. The number of aliphatic hydroxyl groups is 2. The van der Waals surface area contributed by atoms with Crippen LogP contribution in [-0.4, -0.2) is 46.9 Å². The Labute approximate surface area is 411 Å². The summed E-state index contributed by atoms with van der Waals surface area (Å²) < 4.78 is 5.96. The van der Waals surface area contributed by atoms with E-state index in [-0.39, 0.29) is 24.9 Å². The molecule has 0 aromatic carbocycles. The van der Waals surface area contributed by atoms with Crippen LogP contribution in [0.1, 0.15) is 310 Å². The first kappa shape index (κ1) is 64.1. The van der Waals surface area contributed by atoms with Crippen LogP contribution in [0.5, 0.6) is 0 Å². The van der Waals surface area contributed by atoms with Gasteiger partial charge in [-0.1, -0.05) is 288 Å². The van der Waals surface area contributed by atoms with Gasteiger partial charge in [0.25, 0.3) is 0 Å². The van der Waals surface area contributed by atoms with E-state index in [4.69, 9.17) is 4.74 Å². The van der Waals surface area contributed by atoms with Gasteiger partial charge in [0, 0.05) is 6.42 Å². The Morgan fingerprint density at radius 1 is 0.455 bits per heavy atom. The molecule has 6 nitrogen and oxygen atoms in total. The fourth-order valence-electron chi connectivity index (χ4n) is 9.14. The molecule has 3 N–H and O–H groups in total. The highest BCUT2D eigenvalue weighted by Crippen LogP contribution is 2.19. The molecular weight excluding hydrogens is 815 g/mol. The molecule has 0 heterocycles. The Kier molecular flexibility index (Phi) is 52.5. The zero-order valence-electron chi connectivity index (χ0n) is 44.3. The molecule has 0 aliphatic rings. The molecule has 6 heteroatoms. The van der Waals surface area contributed by atoms with Crippen molar-refractivity contribution >= 4 is 11.9 Å². The van der Waals surface area contributed by atoms with Gasteiger partial charge >= 0.3 is 5.97 Å². The van der Waals surface area contributed by atoms with Crippen LogP contribution >= 0.6 is 0 Å². The Bertz CT molecular complexity index is 1090. The van der Waals surface area contributed by atoms with Gasteiger partial charge in [0.05, 0.1) is 25.2 Å². The van der Waals surface area contributed by atoms with E-state index in [1.165, 1.54) is 186 Å². The van der Waals surface area contributed by atoms with Crippen molar-refractivity contribution in [2.24, 2.45) is 0 Å². The third-order valence-corrected chi connectivity index (χ3v) is 13.5. The van der Waals surface area contributed by atoms with Gasteiger partial charge in [-0.05, 0) is 44.9 Å². The van der Waals surface area contributed by atoms with Crippen molar-refractivity contribution in [2.45, 2.75) is 328 Å². The van der Waals surface area contributed by atoms with E-state index in [1.54, 1.807) is 0 Å². The number of unbranched alkanes of at least 4 members (excludes halogenated alkanes) is 37. The number of amides is 1. The topological polar surface area (TPSA) is 95.9 Å². The maximum Gasteiger partial charge on any atom is 0.306 e. The van der Waals surface area contributed by atoms with E-state index in [0.717, 1.165) is 77.0 Å². The Morgan fingerprint density at radius 2 is 0.818 bits per heavy atom. The number of carbonyl (C=O) groups excluding carboxylic acids is 2. The highest BCUT2D eigenvalue weighted by atomic mass is 16.5. The highest BCUT2D eigenvalue weighted by Gasteiger charge is 2.24. The predicted octanol–water partition coefficient (Wildman–Crippen LogP) is 18.0. The predicted molar refractivity (Wildman–Crippen MR) is 287 cm³/mol. The lowest BCUT2D eigenvalue weighted by Gasteiger charge is -2.24. The van der Waals surface area contributed by atoms with Gasteiger partial charge in [-0.2, -0.15) is 0 Å². The van der Waals surface area contributed by atoms with Crippen LogP contribution in [0, 0.1) is 0 Å². The van der Waals surface area contributed by atoms with Crippen LogP contribution in [0.4, 0.5) is 0 Å². The molecule has 0 saturated carbocycles. The summed E-state index contributed by atoms with van der Waals surface area (Å²) in [5.74, 6) is -0.477. The Balaban J connectivity index is 4.48. The summed E-state index contributed by atoms with van der Waals surface area (Å²) in [6.45, 7) is 6.39. The third kappa shape index (κ3) is 48.5.